The Morgan fingerprint density at radius 2 is 2.30 bits per heavy atom. The largest absolute Gasteiger partial charge is 0.388 e. The first kappa shape index (κ1) is 14.8. The lowest BCUT2D eigenvalue weighted by atomic mass is 9.82. The Kier molecular flexibility index (Phi) is 4.58. The van der Waals surface area contributed by atoms with Crippen LogP contribution in [-0.2, 0) is 0 Å². The highest BCUT2D eigenvalue weighted by Crippen LogP contribution is 2.36. The van der Waals surface area contributed by atoms with Gasteiger partial charge in [-0.2, -0.15) is 5.26 Å². The Balaban J connectivity index is 2.36. The molecule has 104 valence electrons. The number of nitriles is 1. The zero-order valence-corrected chi connectivity index (χ0v) is 12.6. The molecular formula is C15H15BrN2O2. The van der Waals surface area contributed by atoms with Crippen LogP contribution in [0.25, 0.3) is 0 Å². The van der Waals surface area contributed by atoms with Gasteiger partial charge in [0.15, 0.2) is 0 Å². The fraction of sp³-hybridized carbons (Fsp3) is 0.333. The summed E-state index contributed by atoms with van der Waals surface area (Å²) in [6.45, 7) is 0. The second-order valence-corrected chi connectivity index (χ2v) is 5.61. The maximum absolute atomic E-state index is 11.7. The monoisotopic (exact) mass is 334 g/mol. The number of hydrogen-bond donors (Lipinski definition) is 2. The summed E-state index contributed by atoms with van der Waals surface area (Å²) in [6.07, 6.45) is 2.24. The molecule has 2 rings (SSSR count). The van der Waals surface area contributed by atoms with Crippen LogP contribution in [0.2, 0.25) is 0 Å². The molecule has 2 N–H and O–H groups in total. The molecule has 0 saturated carbocycles. The highest BCUT2D eigenvalue weighted by Gasteiger charge is 2.26. The lowest BCUT2D eigenvalue weighted by molar-refractivity contribution is 0.0962. The summed E-state index contributed by atoms with van der Waals surface area (Å²) < 4.78 is 0.864. The molecule has 0 spiro atoms. The van der Waals surface area contributed by atoms with Crippen molar-refractivity contribution in [3.63, 3.8) is 0 Å². The van der Waals surface area contributed by atoms with Crippen LogP contribution in [0.3, 0.4) is 0 Å². The number of aliphatic hydroxyl groups is 1. The Labute approximate surface area is 126 Å². The number of carbonyl (C=O) groups is 1. The number of rotatable bonds is 2. The highest BCUT2D eigenvalue weighted by atomic mass is 79.9. The number of carbonyl (C=O) groups excluding carboxylic acids is 1. The van der Waals surface area contributed by atoms with E-state index in [0.29, 0.717) is 24.0 Å². The molecule has 2 atom stereocenters. The molecule has 20 heavy (non-hydrogen) atoms. The summed E-state index contributed by atoms with van der Waals surface area (Å²) in [5.74, 6) is -0.261. The Bertz CT molecular complexity index is 604. The molecule has 0 bridgehead atoms. The van der Waals surface area contributed by atoms with E-state index in [0.717, 1.165) is 10.0 Å². The first-order valence-electron chi connectivity index (χ1n) is 6.37. The molecular weight excluding hydrogens is 320 g/mol. The summed E-state index contributed by atoms with van der Waals surface area (Å²) in [7, 11) is 1.58. The summed E-state index contributed by atoms with van der Waals surface area (Å²) >= 11 is 3.47. The van der Waals surface area contributed by atoms with Crippen molar-refractivity contribution in [2.45, 2.75) is 24.9 Å². The van der Waals surface area contributed by atoms with Gasteiger partial charge in [-0.05, 0) is 42.7 Å². The Hall–Kier alpha value is -1.64. The third-order valence-electron chi connectivity index (χ3n) is 3.54. The average Bonchev–Trinajstić information content (AvgIpc) is 2.47. The van der Waals surface area contributed by atoms with Crippen LogP contribution in [0.15, 0.2) is 34.3 Å². The molecule has 2 unspecified atom stereocenters. The summed E-state index contributed by atoms with van der Waals surface area (Å²) in [4.78, 5) is 11.7. The third-order valence-corrected chi connectivity index (χ3v) is 4.26. The van der Waals surface area contributed by atoms with Gasteiger partial charge >= 0.3 is 0 Å². The molecule has 5 heteroatoms. The van der Waals surface area contributed by atoms with Crippen molar-refractivity contribution in [2.75, 3.05) is 7.05 Å². The van der Waals surface area contributed by atoms with Gasteiger partial charge in [-0.15, -0.1) is 0 Å². The molecule has 0 aromatic heterocycles. The molecule has 0 saturated heterocycles. The SMILES string of the molecule is CNC(=O)c1ccc(Br)c(C2CCC(C#N)=CC2O)c1. The Morgan fingerprint density at radius 3 is 2.90 bits per heavy atom. The molecule has 4 nitrogen and oxygen atoms in total. The highest BCUT2D eigenvalue weighted by molar-refractivity contribution is 9.10. The molecule has 1 aliphatic carbocycles. The van der Waals surface area contributed by atoms with E-state index >= 15 is 0 Å². The molecule has 1 aliphatic rings. The molecule has 0 aliphatic heterocycles. The van der Waals surface area contributed by atoms with Crippen LogP contribution in [0.5, 0.6) is 0 Å². The molecule has 1 amide bonds. The fourth-order valence-electron chi connectivity index (χ4n) is 2.43. The fourth-order valence-corrected chi connectivity index (χ4v) is 2.97. The molecule has 0 radical (unpaired) electrons. The van der Waals surface area contributed by atoms with Gasteiger partial charge in [0, 0.05) is 28.6 Å². The minimum atomic E-state index is -0.699. The number of benzene rings is 1. The van der Waals surface area contributed by atoms with E-state index in [4.69, 9.17) is 5.26 Å². The van der Waals surface area contributed by atoms with Gasteiger partial charge in [-0.1, -0.05) is 15.9 Å². The number of halogens is 1. The van der Waals surface area contributed by atoms with Crippen molar-refractivity contribution in [3.8, 4) is 6.07 Å². The van der Waals surface area contributed by atoms with Crippen molar-refractivity contribution in [2.24, 2.45) is 0 Å². The van der Waals surface area contributed by atoms with E-state index < -0.39 is 6.10 Å². The van der Waals surface area contributed by atoms with E-state index in [9.17, 15) is 9.90 Å². The van der Waals surface area contributed by atoms with Crippen LogP contribution >= 0.6 is 15.9 Å². The van der Waals surface area contributed by atoms with Crippen LogP contribution in [-0.4, -0.2) is 24.2 Å². The van der Waals surface area contributed by atoms with Crippen molar-refractivity contribution in [1.82, 2.24) is 5.32 Å². The summed E-state index contributed by atoms with van der Waals surface area (Å²) in [5, 5.41) is 21.7. The second-order valence-electron chi connectivity index (χ2n) is 4.75. The van der Waals surface area contributed by atoms with Crippen molar-refractivity contribution >= 4 is 21.8 Å². The van der Waals surface area contributed by atoms with Gasteiger partial charge in [-0.3, -0.25) is 4.79 Å². The predicted octanol–water partition coefficient (Wildman–Crippen LogP) is 2.50. The minimum absolute atomic E-state index is 0.105. The second kappa shape index (κ2) is 6.21. The Morgan fingerprint density at radius 1 is 1.55 bits per heavy atom. The quantitative estimate of drug-likeness (QED) is 0.872. The van der Waals surface area contributed by atoms with Crippen LogP contribution in [0, 0.1) is 11.3 Å². The maximum atomic E-state index is 11.7. The smallest absolute Gasteiger partial charge is 0.251 e. The molecule has 0 fully saturated rings. The summed E-state index contributed by atoms with van der Waals surface area (Å²) in [6, 6.07) is 7.43. The number of allylic oxidation sites excluding steroid dienone is 1. The van der Waals surface area contributed by atoms with E-state index in [2.05, 4.69) is 27.3 Å². The topological polar surface area (TPSA) is 73.1 Å². The predicted molar refractivity (Wildman–Crippen MR) is 79.2 cm³/mol. The molecule has 1 aromatic rings. The first-order valence-corrected chi connectivity index (χ1v) is 7.16. The van der Waals surface area contributed by atoms with E-state index in [1.165, 1.54) is 0 Å². The van der Waals surface area contributed by atoms with Crippen LogP contribution in [0.4, 0.5) is 0 Å². The zero-order chi connectivity index (χ0) is 14.7. The number of nitrogens with zero attached hydrogens (tertiary/aromatic N) is 1. The number of aliphatic hydroxyl groups excluding tert-OH is 1. The van der Waals surface area contributed by atoms with E-state index in [1.807, 2.05) is 6.07 Å². The van der Waals surface area contributed by atoms with Crippen molar-refractivity contribution in [3.05, 3.63) is 45.4 Å². The first-order chi connectivity index (χ1) is 9.56. The van der Waals surface area contributed by atoms with E-state index in [1.54, 1.807) is 25.3 Å². The van der Waals surface area contributed by atoms with Gasteiger partial charge in [-0.25, -0.2) is 0 Å². The van der Waals surface area contributed by atoms with Crippen LogP contribution < -0.4 is 5.32 Å². The number of amides is 1. The lowest BCUT2D eigenvalue weighted by Crippen LogP contribution is -2.22. The van der Waals surface area contributed by atoms with E-state index in [-0.39, 0.29) is 11.8 Å². The number of hydrogen-bond acceptors (Lipinski definition) is 3. The molecule has 1 aromatic carbocycles. The standard InChI is InChI=1S/C15H15BrN2O2/c1-18-15(20)10-3-5-13(16)12(7-10)11-4-2-9(8-17)6-14(11)19/h3,5-7,11,14,19H,2,4H2,1H3,(H,18,20). The lowest BCUT2D eigenvalue weighted by Gasteiger charge is -2.26. The van der Waals surface area contributed by atoms with Gasteiger partial charge < -0.3 is 10.4 Å². The van der Waals surface area contributed by atoms with Gasteiger partial charge in [0.1, 0.15) is 0 Å². The normalized spacial score (nSPS) is 21.8. The zero-order valence-electron chi connectivity index (χ0n) is 11.1. The molecule has 0 heterocycles. The number of nitrogens with one attached hydrogen (secondary N) is 1. The minimum Gasteiger partial charge on any atom is -0.388 e. The third kappa shape index (κ3) is 2.92. The van der Waals surface area contributed by atoms with Gasteiger partial charge in [0.05, 0.1) is 12.2 Å². The summed E-state index contributed by atoms with van der Waals surface area (Å²) in [5.41, 5.74) is 2.08. The van der Waals surface area contributed by atoms with Crippen molar-refractivity contribution < 1.29 is 9.90 Å². The van der Waals surface area contributed by atoms with Crippen molar-refractivity contribution in [1.29, 1.82) is 5.26 Å². The van der Waals surface area contributed by atoms with Crippen LogP contribution in [0.1, 0.15) is 34.7 Å². The van der Waals surface area contributed by atoms with Gasteiger partial charge in [0.25, 0.3) is 5.91 Å². The average molecular weight is 335 g/mol. The maximum Gasteiger partial charge on any atom is 0.251 e. The van der Waals surface area contributed by atoms with Gasteiger partial charge in [0.2, 0.25) is 0 Å².